The van der Waals surface area contributed by atoms with E-state index in [0.717, 1.165) is 0 Å². The number of para-hydroxylation sites is 2. The van der Waals surface area contributed by atoms with Crippen LogP contribution in [0.15, 0.2) is 133 Å². The number of rotatable bonds is 6. The molecule has 8 rings (SSSR count). The number of nitrogens with zero attached hydrogens (tertiary/aromatic N) is 2. The largest absolute Gasteiger partial charge is 1.00 e. The van der Waals surface area contributed by atoms with Crippen molar-refractivity contribution >= 4 is 11.4 Å². The number of anilines is 2. The van der Waals surface area contributed by atoms with Crippen molar-refractivity contribution in [2.45, 2.75) is 85.0 Å². The summed E-state index contributed by atoms with van der Waals surface area (Å²) in [6.07, 6.45) is 0. The third-order valence-electron chi connectivity index (χ3n) is 11.0. The van der Waals surface area contributed by atoms with Gasteiger partial charge in [-0.25, -0.2) is 0 Å². The van der Waals surface area contributed by atoms with E-state index >= 15 is 0 Å². The molecule has 0 aromatic heterocycles. The molecular weight excluding hydrogens is 758 g/mol. The summed E-state index contributed by atoms with van der Waals surface area (Å²) < 4.78 is 0. The van der Waals surface area contributed by atoms with Crippen LogP contribution >= 0.6 is 0 Å². The molecule has 0 N–H and O–H groups in total. The van der Waals surface area contributed by atoms with E-state index in [1.54, 1.807) is 0 Å². The maximum atomic E-state index is 2.75. The Hall–Kier alpha value is -4.13. The van der Waals surface area contributed by atoms with E-state index in [1.807, 2.05) is 5.40 Å². The van der Waals surface area contributed by atoms with Crippen LogP contribution in [0, 0.1) is 27.7 Å². The monoisotopic (exact) mass is 810 g/mol. The maximum Gasteiger partial charge on any atom is -1.00 e. The van der Waals surface area contributed by atoms with Gasteiger partial charge in [-0.05, 0) is 77.6 Å². The van der Waals surface area contributed by atoms with Gasteiger partial charge in [0.15, 0.2) is 0 Å². The zero-order valence-electron chi connectivity index (χ0n) is 32.6. The molecule has 0 aliphatic carbocycles. The fraction of sp³-hybridized carbons (Fsp3) is 0.265. The molecule has 4 unspecified atom stereocenters. The molecule has 53 heavy (non-hydrogen) atoms. The van der Waals surface area contributed by atoms with E-state index in [4.69, 9.17) is 0 Å². The number of hydrogen-bond acceptors (Lipinski definition) is 2. The normalized spacial score (nSPS) is 18.2. The fourth-order valence-electron chi connectivity index (χ4n) is 7.33. The summed E-state index contributed by atoms with van der Waals surface area (Å²) in [6.45, 7) is 17.8. The van der Waals surface area contributed by atoms with Crippen molar-refractivity contribution in [2.24, 2.45) is 0 Å². The summed E-state index contributed by atoms with van der Waals surface area (Å²) in [4.78, 5) is 5.09. The molecular formula is C49H53ClN2Pd. The molecule has 2 heterocycles. The Bertz CT molecular complexity index is 1810. The van der Waals surface area contributed by atoms with Crippen molar-refractivity contribution < 1.29 is 31.6 Å². The third kappa shape index (κ3) is 8.66. The van der Waals surface area contributed by atoms with E-state index in [-0.39, 0.29) is 12.4 Å². The van der Waals surface area contributed by atoms with Crippen LogP contribution in [0.4, 0.5) is 11.4 Å². The molecule has 276 valence electrons. The molecule has 2 saturated heterocycles. The third-order valence-corrected chi connectivity index (χ3v) is 11.0. The number of hydrogen-bond donors (Lipinski definition) is 0. The molecule has 2 aliphatic rings. The van der Waals surface area contributed by atoms with Gasteiger partial charge in [-0.2, -0.15) is 0 Å². The summed E-state index contributed by atoms with van der Waals surface area (Å²) in [7, 11) is 0. The molecule has 0 radical (unpaired) electrons. The van der Waals surface area contributed by atoms with Crippen LogP contribution in [0.1, 0.15) is 49.9 Å². The van der Waals surface area contributed by atoms with Crippen molar-refractivity contribution in [3.63, 3.8) is 0 Å². The van der Waals surface area contributed by atoms with Gasteiger partial charge in [-0.15, -0.1) is 0 Å². The van der Waals surface area contributed by atoms with Gasteiger partial charge in [0.05, 0.1) is 11.4 Å². The van der Waals surface area contributed by atoms with Crippen LogP contribution in [-0.2, 0) is 19.2 Å². The molecule has 0 amide bonds. The first-order valence-electron chi connectivity index (χ1n) is 18.5. The molecule has 6 aromatic rings. The standard InChI is InChI=1S/2C24H25N.CH3.ClH.Pd/c2*1-16-8-12-20(13-9-16)22-6-5-7-23(21-14-10-17(2)11-15-21)24(22)25-18(3)19(25)4;;;/h2*5-15,18-19H,1-4H3;1H3;1H;/q;;;;+1/p-1. The van der Waals surface area contributed by atoms with Crippen LogP contribution in [0.2, 0.25) is 5.40 Å². The number of aryl methyl sites for hydroxylation is 4. The number of halogens is 1. The first-order valence-corrected chi connectivity index (χ1v) is 20.1. The Morgan fingerprint density at radius 3 is 0.698 bits per heavy atom. The Labute approximate surface area is 336 Å². The Kier molecular flexibility index (Phi) is 13.1. The smallest absolute Gasteiger partial charge is 1.00 e. The van der Waals surface area contributed by atoms with E-state index in [2.05, 4.69) is 218 Å². The first kappa shape index (κ1) is 40.1. The van der Waals surface area contributed by atoms with Crippen LogP contribution < -0.4 is 22.2 Å². The summed E-state index contributed by atoms with van der Waals surface area (Å²) in [5.74, 6) is 0. The minimum atomic E-state index is 0. The molecule has 6 aromatic carbocycles. The van der Waals surface area contributed by atoms with E-state index in [1.165, 1.54) is 78.1 Å². The zero-order chi connectivity index (χ0) is 37.1. The second-order valence-electron chi connectivity index (χ2n) is 14.6. The number of benzene rings is 6. The van der Waals surface area contributed by atoms with Crippen LogP contribution in [0.5, 0.6) is 0 Å². The topological polar surface area (TPSA) is 6.02 Å². The van der Waals surface area contributed by atoms with Crippen molar-refractivity contribution in [2.75, 3.05) is 9.80 Å². The van der Waals surface area contributed by atoms with E-state index in [9.17, 15) is 0 Å². The predicted octanol–water partition coefficient (Wildman–Crippen LogP) is 10.1. The summed E-state index contributed by atoms with van der Waals surface area (Å²) in [6, 6.07) is 51.3. The SMILES string of the molecule is Cc1ccc(-c2cccc(-c3ccc(C)cc3)c2N2C(C)C2C)cc1.Cc1ccc(-c2cccc(-c3ccc(C)cc3)c2N2C(C)C2C)cc1.[CH3][Pd+].[Cl-]. The average molecular weight is 812 g/mol. The average Bonchev–Trinajstić information content (AvgIpc) is 3.99. The minimum absolute atomic E-state index is 0. The first-order chi connectivity index (χ1) is 25.1. The molecule has 4 atom stereocenters. The second kappa shape index (κ2) is 17.3. The molecule has 2 nitrogen and oxygen atoms in total. The summed E-state index contributed by atoms with van der Waals surface area (Å²) >= 11 is 2.75. The molecule has 0 spiro atoms. The molecule has 2 fully saturated rings. The Balaban J connectivity index is 0.000000192. The minimum Gasteiger partial charge on any atom is -1.00 e. The van der Waals surface area contributed by atoms with E-state index < -0.39 is 0 Å². The van der Waals surface area contributed by atoms with Gasteiger partial charge in [0.1, 0.15) is 0 Å². The van der Waals surface area contributed by atoms with E-state index in [0.29, 0.717) is 24.2 Å². The molecule has 4 heteroatoms. The van der Waals surface area contributed by atoms with Gasteiger partial charge >= 0.3 is 24.6 Å². The Morgan fingerprint density at radius 1 is 0.340 bits per heavy atom. The van der Waals surface area contributed by atoms with Gasteiger partial charge in [0.2, 0.25) is 0 Å². The summed E-state index contributed by atoms with van der Waals surface area (Å²) in [5.41, 5.74) is 18.4. The van der Waals surface area contributed by atoms with Gasteiger partial charge in [0, 0.05) is 46.4 Å². The predicted molar refractivity (Wildman–Crippen MR) is 222 cm³/mol. The van der Waals surface area contributed by atoms with Crippen molar-refractivity contribution in [1.82, 2.24) is 0 Å². The van der Waals surface area contributed by atoms with Crippen LogP contribution in [0.25, 0.3) is 44.5 Å². The van der Waals surface area contributed by atoms with Gasteiger partial charge < -0.3 is 22.2 Å². The molecule has 0 bridgehead atoms. The summed E-state index contributed by atoms with van der Waals surface area (Å²) in [5, 5.41) is 1.85. The van der Waals surface area contributed by atoms with Gasteiger partial charge in [0.25, 0.3) is 0 Å². The van der Waals surface area contributed by atoms with Crippen LogP contribution in [-0.4, -0.2) is 24.2 Å². The van der Waals surface area contributed by atoms with Crippen molar-refractivity contribution in [3.05, 3.63) is 156 Å². The van der Waals surface area contributed by atoms with Gasteiger partial charge in [-0.1, -0.05) is 156 Å². The quantitative estimate of drug-likeness (QED) is 0.122. The molecule has 0 saturated carbocycles. The molecule has 2 aliphatic heterocycles. The second-order valence-corrected chi connectivity index (χ2v) is 14.6. The maximum absolute atomic E-state index is 2.75. The van der Waals surface area contributed by atoms with Crippen LogP contribution in [0.3, 0.4) is 0 Å². The zero-order valence-corrected chi connectivity index (χ0v) is 34.9. The fourth-order valence-corrected chi connectivity index (χ4v) is 7.33. The van der Waals surface area contributed by atoms with Crippen molar-refractivity contribution in [3.8, 4) is 44.5 Å². The van der Waals surface area contributed by atoms with Gasteiger partial charge in [-0.3, -0.25) is 0 Å². The van der Waals surface area contributed by atoms with Crippen molar-refractivity contribution in [1.29, 1.82) is 0 Å². The Morgan fingerprint density at radius 2 is 0.528 bits per heavy atom.